The van der Waals surface area contributed by atoms with Crippen LogP contribution in [0.25, 0.3) is 0 Å². The number of carbonyl (C=O) groups excluding carboxylic acids is 2. The van der Waals surface area contributed by atoms with Crippen LogP contribution in [0.1, 0.15) is 9.67 Å². The van der Waals surface area contributed by atoms with E-state index in [2.05, 4.69) is 10.6 Å². The van der Waals surface area contributed by atoms with Crippen molar-refractivity contribution in [2.75, 3.05) is 16.5 Å². The first-order valence-corrected chi connectivity index (χ1v) is 6.91. The van der Waals surface area contributed by atoms with E-state index in [0.717, 1.165) is 0 Å². The molecule has 6 heteroatoms. The molecule has 0 aliphatic carbocycles. The van der Waals surface area contributed by atoms with E-state index in [1.807, 2.05) is 11.4 Å². The van der Waals surface area contributed by atoms with Crippen LogP contribution < -0.4 is 10.6 Å². The number of carbonyl (C=O) groups is 2. The fourth-order valence-electron chi connectivity index (χ4n) is 1.47. The van der Waals surface area contributed by atoms with Gasteiger partial charge in [0.1, 0.15) is 5.88 Å². The first kappa shape index (κ1) is 13.6. The summed E-state index contributed by atoms with van der Waals surface area (Å²) in [5, 5.41) is 7.22. The molecule has 1 aromatic carbocycles. The molecule has 1 heterocycles. The topological polar surface area (TPSA) is 58.2 Å². The van der Waals surface area contributed by atoms with Crippen molar-refractivity contribution in [1.82, 2.24) is 0 Å². The molecule has 2 N–H and O–H groups in total. The lowest BCUT2D eigenvalue weighted by Crippen LogP contribution is -2.13. The summed E-state index contributed by atoms with van der Waals surface area (Å²) >= 11 is 6.78. The molecule has 2 rings (SSSR count). The van der Waals surface area contributed by atoms with Gasteiger partial charge in [-0.15, -0.1) is 22.9 Å². The van der Waals surface area contributed by atoms with Crippen molar-refractivity contribution >= 4 is 46.1 Å². The molecule has 0 aliphatic heterocycles. The van der Waals surface area contributed by atoms with Crippen molar-refractivity contribution in [3.8, 4) is 0 Å². The third-order valence-corrected chi connectivity index (χ3v) is 3.38. The fraction of sp³-hybridized carbons (Fsp3) is 0.0769. The number of thiophene rings is 1. The van der Waals surface area contributed by atoms with Crippen molar-refractivity contribution in [2.45, 2.75) is 0 Å². The SMILES string of the molecule is O=C(CCl)Nc1cccc(NC(=O)c2cccs2)c1. The van der Waals surface area contributed by atoms with Crippen LogP contribution in [0.2, 0.25) is 0 Å². The van der Waals surface area contributed by atoms with Crippen molar-refractivity contribution in [3.05, 3.63) is 46.7 Å². The lowest BCUT2D eigenvalue weighted by atomic mass is 10.2. The summed E-state index contributed by atoms with van der Waals surface area (Å²) in [6.07, 6.45) is 0. The number of hydrogen-bond acceptors (Lipinski definition) is 3. The van der Waals surface area contributed by atoms with Crippen molar-refractivity contribution in [3.63, 3.8) is 0 Å². The highest BCUT2D eigenvalue weighted by Gasteiger charge is 2.07. The smallest absolute Gasteiger partial charge is 0.265 e. The normalized spacial score (nSPS) is 9.95. The predicted octanol–water partition coefficient (Wildman–Crippen LogP) is 3.18. The van der Waals surface area contributed by atoms with Crippen LogP contribution in [0, 0.1) is 0 Å². The Hall–Kier alpha value is -1.85. The van der Waals surface area contributed by atoms with Crippen LogP contribution in [0.5, 0.6) is 0 Å². The van der Waals surface area contributed by atoms with Gasteiger partial charge in [0.15, 0.2) is 0 Å². The van der Waals surface area contributed by atoms with Crippen LogP contribution >= 0.6 is 22.9 Å². The number of amides is 2. The minimum Gasteiger partial charge on any atom is -0.325 e. The lowest BCUT2D eigenvalue weighted by Gasteiger charge is -2.07. The molecule has 0 atom stereocenters. The monoisotopic (exact) mass is 294 g/mol. The highest BCUT2D eigenvalue weighted by molar-refractivity contribution is 7.12. The van der Waals surface area contributed by atoms with Crippen LogP contribution in [0.15, 0.2) is 41.8 Å². The Morgan fingerprint density at radius 1 is 1.11 bits per heavy atom. The molecule has 0 unspecified atom stereocenters. The first-order chi connectivity index (χ1) is 9.19. The number of rotatable bonds is 4. The highest BCUT2D eigenvalue weighted by atomic mass is 35.5. The highest BCUT2D eigenvalue weighted by Crippen LogP contribution is 2.17. The quantitative estimate of drug-likeness (QED) is 0.851. The van der Waals surface area contributed by atoms with Crippen LogP contribution in [-0.4, -0.2) is 17.7 Å². The molecule has 0 saturated heterocycles. The van der Waals surface area contributed by atoms with Crippen molar-refractivity contribution in [2.24, 2.45) is 0 Å². The van der Waals surface area contributed by atoms with E-state index < -0.39 is 0 Å². The number of hydrogen-bond donors (Lipinski definition) is 2. The molecule has 0 saturated carbocycles. The van der Waals surface area contributed by atoms with E-state index in [-0.39, 0.29) is 17.7 Å². The zero-order valence-electron chi connectivity index (χ0n) is 9.85. The third-order valence-electron chi connectivity index (χ3n) is 2.27. The Balaban J connectivity index is 2.07. The molecule has 0 radical (unpaired) electrons. The van der Waals surface area contributed by atoms with Crippen molar-refractivity contribution in [1.29, 1.82) is 0 Å². The number of alkyl halides is 1. The summed E-state index contributed by atoms with van der Waals surface area (Å²) in [6.45, 7) is 0. The van der Waals surface area contributed by atoms with Gasteiger partial charge in [-0.25, -0.2) is 0 Å². The lowest BCUT2D eigenvalue weighted by molar-refractivity contribution is -0.113. The van der Waals surface area contributed by atoms with Gasteiger partial charge in [0.05, 0.1) is 4.88 Å². The number of halogens is 1. The Morgan fingerprint density at radius 2 is 1.84 bits per heavy atom. The molecule has 2 aromatic rings. The molecule has 0 fully saturated rings. The van der Waals surface area contributed by atoms with Gasteiger partial charge < -0.3 is 10.6 Å². The van der Waals surface area contributed by atoms with Gasteiger partial charge in [0.25, 0.3) is 5.91 Å². The summed E-state index contributed by atoms with van der Waals surface area (Å²) in [5.41, 5.74) is 1.21. The van der Waals surface area contributed by atoms with Crippen LogP contribution in [0.3, 0.4) is 0 Å². The average molecular weight is 295 g/mol. The maximum atomic E-state index is 11.9. The molecule has 0 bridgehead atoms. The molecule has 98 valence electrons. The minimum atomic E-state index is -0.289. The average Bonchev–Trinajstić information content (AvgIpc) is 2.93. The minimum absolute atomic E-state index is 0.105. The van der Waals surface area contributed by atoms with Gasteiger partial charge in [-0.2, -0.15) is 0 Å². The maximum Gasteiger partial charge on any atom is 0.265 e. The van der Waals surface area contributed by atoms with Gasteiger partial charge >= 0.3 is 0 Å². The largest absolute Gasteiger partial charge is 0.325 e. The molecule has 2 amide bonds. The van der Waals surface area contributed by atoms with Gasteiger partial charge in [-0.05, 0) is 29.6 Å². The summed E-state index contributed by atoms with van der Waals surface area (Å²) < 4.78 is 0. The van der Waals surface area contributed by atoms with Crippen LogP contribution in [-0.2, 0) is 4.79 Å². The van der Waals surface area contributed by atoms with Crippen LogP contribution in [0.4, 0.5) is 11.4 Å². The predicted molar refractivity (Wildman–Crippen MR) is 78.1 cm³/mol. The summed E-state index contributed by atoms with van der Waals surface area (Å²) in [7, 11) is 0. The second-order valence-corrected chi connectivity index (χ2v) is 4.91. The molecule has 19 heavy (non-hydrogen) atoms. The van der Waals surface area contributed by atoms with E-state index >= 15 is 0 Å². The Bertz CT molecular complexity index is 584. The first-order valence-electron chi connectivity index (χ1n) is 5.50. The number of benzene rings is 1. The zero-order chi connectivity index (χ0) is 13.7. The van der Waals surface area contributed by atoms with E-state index in [1.54, 1.807) is 30.3 Å². The van der Waals surface area contributed by atoms with E-state index in [0.29, 0.717) is 16.3 Å². The molecular formula is C13H11ClN2O2S. The second kappa shape index (κ2) is 6.36. The Kier molecular flexibility index (Phi) is 4.54. The van der Waals surface area contributed by atoms with Gasteiger partial charge in [0, 0.05) is 11.4 Å². The summed E-state index contributed by atoms with van der Waals surface area (Å²) in [4.78, 5) is 23.7. The molecule has 0 aliphatic rings. The second-order valence-electron chi connectivity index (χ2n) is 3.69. The molecule has 4 nitrogen and oxygen atoms in total. The molecule has 0 spiro atoms. The van der Waals surface area contributed by atoms with E-state index in [1.165, 1.54) is 11.3 Å². The third kappa shape index (κ3) is 3.81. The standard InChI is InChI=1S/C13H11ClN2O2S/c14-8-12(17)15-9-3-1-4-10(7-9)16-13(18)11-5-2-6-19-11/h1-7H,8H2,(H,15,17)(H,16,18). The maximum absolute atomic E-state index is 11.9. The van der Waals surface area contributed by atoms with Gasteiger partial charge in [0.2, 0.25) is 5.91 Å². The van der Waals surface area contributed by atoms with Gasteiger partial charge in [-0.3, -0.25) is 9.59 Å². The Labute approximate surface area is 119 Å². The summed E-state index contributed by atoms with van der Waals surface area (Å²) in [6, 6.07) is 10.5. The summed E-state index contributed by atoms with van der Waals surface area (Å²) in [5.74, 6) is -0.564. The molecule has 1 aromatic heterocycles. The zero-order valence-corrected chi connectivity index (χ0v) is 11.4. The Morgan fingerprint density at radius 3 is 2.47 bits per heavy atom. The van der Waals surface area contributed by atoms with E-state index in [4.69, 9.17) is 11.6 Å². The molecular weight excluding hydrogens is 284 g/mol. The number of anilines is 2. The van der Waals surface area contributed by atoms with E-state index in [9.17, 15) is 9.59 Å². The van der Waals surface area contributed by atoms with Crippen molar-refractivity contribution < 1.29 is 9.59 Å². The van der Waals surface area contributed by atoms with Gasteiger partial charge in [-0.1, -0.05) is 12.1 Å². The number of nitrogens with one attached hydrogen (secondary N) is 2. The fourth-order valence-corrected chi connectivity index (χ4v) is 2.16.